The van der Waals surface area contributed by atoms with Crippen LogP contribution in [0.2, 0.25) is 0 Å². The predicted molar refractivity (Wildman–Crippen MR) is 97.3 cm³/mol. The lowest BCUT2D eigenvalue weighted by atomic mass is 10.1. The zero-order chi connectivity index (χ0) is 17.4. The third-order valence-corrected chi connectivity index (χ3v) is 4.17. The minimum Gasteiger partial charge on any atom is -0.334 e. The molecule has 1 aromatic rings. The van der Waals surface area contributed by atoms with Crippen LogP contribution in [0.25, 0.3) is 0 Å². The summed E-state index contributed by atoms with van der Waals surface area (Å²) in [5.74, 6) is -0.0130. The molecule has 0 saturated carbocycles. The molecule has 1 heterocycles. The summed E-state index contributed by atoms with van der Waals surface area (Å²) in [6.07, 6.45) is 3.42. The van der Waals surface area contributed by atoms with Crippen LogP contribution in [0.3, 0.4) is 0 Å². The number of benzene rings is 1. The van der Waals surface area contributed by atoms with E-state index in [1.165, 1.54) is 0 Å². The topological polar surface area (TPSA) is 73.5 Å². The SMILES string of the molecule is CCCC(=O)Nc1cccc(NC(=O)NC2CCCN(CC)C2)c1. The van der Waals surface area contributed by atoms with Gasteiger partial charge in [-0.1, -0.05) is 19.9 Å². The van der Waals surface area contributed by atoms with Crippen molar-refractivity contribution in [1.82, 2.24) is 10.2 Å². The first-order chi connectivity index (χ1) is 11.6. The van der Waals surface area contributed by atoms with Crippen LogP contribution in [-0.4, -0.2) is 42.5 Å². The van der Waals surface area contributed by atoms with Gasteiger partial charge in [0.1, 0.15) is 0 Å². The smallest absolute Gasteiger partial charge is 0.319 e. The van der Waals surface area contributed by atoms with E-state index in [-0.39, 0.29) is 18.0 Å². The molecule has 132 valence electrons. The molecule has 1 saturated heterocycles. The molecule has 0 bridgehead atoms. The number of hydrogen-bond acceptors (Lipinski definition) is 3. The van der Waals surface area contributed by atoms with E-state index in [4.69, 9.17) is 0 Å². The van der Waals surface area contributed by atoms with Gasteiger partial charge in [-0.2, -0.15) is 0 Å². The van der Waals surface area contributed by atoms with Crippen LogP contribution in [0.5, 0.6) is 0 Å². The van der Waals surface area contributed by atoms with Gasteiger partial charge in [0.05, 0.1) is 0 Å². The second kappa shape index (κ2) is 9.27. The fourth-order valence-electron chi connectivity index (χ4n) is 2.94. The number of anilines is 2. The summed E-state index contributed by atoms with van der Waals surface area (Å²) in [5, 5.41) is 8.71. The predicted octanol–water partition coefficient (Wildman–Crippen LogP) is 3.03. The van der Waals surface area contributed by atoms with Crippen molar-refractivity contribution in [2.45, 2.75) is 45.6 Å². The Hall–Kier alpha value is -2.08. The highest BCUT2D eigenvalue weighted by Gasteiger charge is 2.20. The summed E-state index contributed by atoms with van der Waals surface area (Å²) in [6, 6.07) is 7.20. The Balaban J connectivity index is 1.86. The van der Waals surface area contributed by atoms with Crippen molar-refractivity contribution in [3.8, 4) is 0 Å². The molecule has 6 nitrogen and oxygen atoms in total. The van der Waals surface area contributed by atoms with E-state index in [1.54, 1.807) is 6.07 Å². The Morgan fingerprint density at radius 3 is 2.67 bits per heavy atom. The highest BCUT2D eigenvalue weighted by Crippen LogP contribution is 2.16. The molecule has 0 spiro atoms. The molecule has 24 heavy (non-hydrogen) atoms. The van der Waals surface area contributed by atoms with Crippen LogP contribution in [-0.2, 0) is 4.79 Å². The van der Waals surface area contributed by atoms with Gasteiger partial charge < -0.3 is 20.9 Å². The van der Waals surface area contributed by atoms with Gasteiger partial charge in [-0.25, -0.2) is 4.79 Å². The van der Waals surface area contributed by atoms with Crippen molar-refractivity contribution >= 4 is 23.3 Å². The van der Waals surface area contributed by atoms with Gasteiger partial charge in [0.15, 0.2) is 0 Å². The van der Waals surface area contributed by atoms with Crippen LogP contribution in [0, 0.1) is 0 Å². The number of likely N-dealkylation sites (tertiary alicyclic amines) is 1. The fourth-order valence-corrected chi connectivity index (χ4v) is 2.94. The second-order valence-corrected chi connectivity index (χ2v) is 6.21. The third-order valence-electron chi connectivity index (χ3n) is 4.17. The number of urea groups is 1. The maximum Gasteiger partial charge on any atom is 0.319 e. The number of rotatable bonds is 6. The van der Waals surface area contributed by atoms with E-state index in [9.17, 15) is 9.59 Å². The fraction of sp³-hybridized carbons (Fsp3) is 0.556. The van der Waals surface area contributed by atoms with Crippen molar-refractivity contribution in [3.05, 3.63) is 24.3 Å². The molecule has 2 rings (SSSR count). The van der Waals surface area contributed by atoms with Crippen LogP contribution in [0.1, 0.15) is 39.5 Å². The zero-order valence-electron chi connectivity index (χ0n) is 14.6. The molecule has 1 fully saturated rings. The molecule has 1 atom stereocenters. The molecule has 1 aliphatic heterocycles. The van der Waals surface area contributed by atoms with Crippen LogP contribution in [0.4, 0.5) is 16.2 Å². The molecule has 1 unspecified atom stereocenters. The molecular formula is C18H28N4O2. The van der Waals surface area contributed by atoms with Crippen LogP contribution < -0.4 is 16.0 Å². The van der Waals surface area contributed by atoms with Crippen molar-refractivity contribution < 1.29 is 9.59 Å². The number of nitrogens with one attached hydrogen (secondary N) is 3. The molecule has 1 aliphatic rings. The number of nitrogens with zero attached hydrogens (tertiary/aromatic N) is 1. The molecular weight excluding hydrogens is 304 g/mol. The van der Waals surface area contributed by atoms with E-state index < -0.39 is 0 Å². The largest absolute Gasteiger partial charge is 0.334 e. The summed E-state index contributed by atoms with van der Waals surface area (Å²) < 4.78 is 0. The van der Waals surface area contributed by atoms with Crippen molar-refractivity contribution in [2.75, 3.05) is 30.3 Å². The summed E-state index contributed by atoms with van der Waals surface area (Å²) in [7, 11) is 0. The van der Waals surface area contributed by atoms with Gasteiger partial charge in [0, 0.05) is 30.4 Å². The Morgan fingerprint density at radius 1 is 1.21 bits per heavy atom. The maximum absolute atomic E-state index is 12.2. The Bertz CT molecular complexity index is 562. The van der Waals surface area contributed by atoms with E-state index in [1.807, 2.05) is 25.1 Å². The van der Waals surface area contributed by atoms with E-state index in [2.05, 4.69) is 27.8 Å². The number of carbonyl (C=O) groups is 2. The second-order valence-electron chi connectivity index (χ2n) is 6.21. The van der Waals surface area contributed by atoms with Crippen molar-refractivity contribution in [3.63, 3.8) is 0 Å². The number of piperidine rings is 1. The Labute approximate surface area is 144 Å². The number of amides is 3. The first-order valence-electron chi connectivity index (χ1n) is 8.80. The summed E-state index contributed by atoms with van der Waals surface area (Å²) >= 11 is 0. The number of likely N-dealkylation sites (N-methyl/N-ethyl adjacent to an activating group) is 1. The molecule has 0 aliphatic carbocycles. The zero-order valence-corrected chi connectivity index (χ0v) is 14.6. The molecule has 0 radical (unpaired) electrons. The lowest BCUT2D eigenvalue weighted by Gasteiger charge is -2.32. The summed E-state index contributed by atoms with van der Waals surface area (Å²) in [6.45, 7) is 7.12. The lowest BCUT2D eigenvalue weighted by Crippen LogP contribution is -2.48. The normalized spacial score (nSPS) is 18.0. The quantitative estimate of drug-likeness (QED) is 0.750. The number of hydrogen-bond donors (Lipinski definition) is 3. The van der Waals surface area contributed by atoms with Crippen LogP contribution >= 0.6 is 0 Å². The Kier molecular flexibility index (Phi) is 7.06. The number of carbonyl (C=O) groups excluding carboxylic acids is 2. The van der Waals surface area contributed by atoms with Gasteiger partial charge in [-0.05, 0) is 50.6 Å². The first-order valence-corrected chi connectivity index (χ1v) is 8.80. The summed E-state index contributed by atoms with van der Waals surface area (Å²) in [4.78, 5) is 26.2. The highest BCUT2D eigenvalue weighted by molar-refractivity contribution is 5.93. The van der Waals surface area contributed by atoms with Crippen molar-refractivity contribution in [1.29, 1.82) is 0 Å². The maximum atomic E-state index is 12.2. The third kappa shape index (κ3) is 5.85. The van der Waals surface area contributed by atoms with Gasteiger partial charge in [0.25, 0.3) is 0 Å². The highest BCUT2D eigenvalue weighted by atomic mass is 16.2. The lowest BCUT2D eigenvalue weighted by molar-refractivity contribution is -0.116. The van der Waals surface area contributed by atoms with E-state index in [0.717, 1.165) is 38.9 Å². The van der Waals surface area contributed by atoms with Gasteiger partial charge in [-0.3, -0.25) is 4.79 Å². The van der Waals surface area contributed by atoms with Gasteiger partial charge in [-0.15, -0.1) is 0 Å². The van der Waals surface area contributed by atoms with E-state index >= 15 is 0 Å². The summed E-state index contributed by atoms with van der Waals surface area (Å²) in [5.41, 5.74) is 1.37. The monoisotopic (exact) mass is 332 g/mol. The van der Waals surface area contributed by atoms with Gasteiger partial charge >= 0.3 is 6.03 Å². The molecule has 3 N–H and O–H groups in total. The molecule has 6 heteroatoms. The average molecular weight is 332 g/mol. The standard InChI is InChI=1S/C18H28N4O2/c1-3-7-17(23)19-14-8-5-9-15(12-14)20-18(24)21-16-10-6-11-22(4-2)13-16/h5,8-9,12,16H,3-4,6-7,10-11,13H2,1-2H3,(H,19,23)(H2,20,21,24). The minimum absolute atomic E-state index is 0.0130. The van der Waals surface area contributed by atoms with E-state index in [0.29, 0.717) is 17.8 Å². The molecule has 0 aromatic heterocycles. The van der Waals surface area contributed by atoms with Crippen LogP contribution in [0.15, 0.2) is 24.3 Å². The first kappa shape index (κ1) is 18.3. The Morgan fingerprint density at radius 2 is 1.96 bits per heavy atom. The molecule has 1 aromatic carbocycles. The van der Waals surface area contributed by atoms with Crippen molar-refractivity contribution in [2.24, 2.45) is 0 Å². The average Bonchev–Trinajstić information content (AvgIpc) is 2.55. The minimum atomic E-state index is -0.199. The molecule has 3 amide bonds. The van der Waals surface area contributed by atoms with Gasteiger partial charge in [0.2, 0.25) is 5.91 Å².